The topological polar surface area (TPSA) is 42.0 Å². The van der Waals surface area contributed by atoms with Gasteiger partial charge < -0.3 is 5.32 Å². The van der Waals surface area contributed by atoms with E-state index < -0.39 is 5.25 Å². The number of benzene rings is 2. The Balaban J connectivity index is 1.83. The molecule has 1 aromatic heterocycles. The number of aryl methyl sites for hydroxylation is 1. The number of nitrogens with one attached hydrogen (secondary N) is 1. The van der Waals surface area contributed by atoms with Crippen molar-refractivity contribution in [3.05, 3.63) is 77.1 Å². The summed E-state index contributed by atoms with van der Waals surface area (Å²) in [6.45, 7) is 1.93. The molecule has 0 fully saturated rings. The zero-order valence-corrected chi connectivity index (χ0v) is 14.5. The minimum atomic E-state index is -0.429. The van der Waals surface area contributed by atoms with Gasteiger partial charge in [-0.3, -0.25) is 4.79 Å². The Morgan fingerprint density at radius 3 is 2.50 bits per heavy atom. The van der Waals surface area contributed by atoms with E-state index in [1.54, 1.807) is 12.1 Å². The van der Waals surface area contributed by atoms with Crippen molar-refractivity contribution >= 4 is 34.7 Å². The minimum Gasteiger partial charge on any atom is -0.325 e. The molecule has 122 valence electrons. The molecule has 3 rings (SSSR count). The molecule has 1 unspecified atom stereocenters. The molecule has 1 heterocycles. The third kappa shape index (κ3) is 4.21. The number of thiazole rings is 1. The molecule has 1 atom stereocenters. The Kier molecular flexibility index (Phi) is 5.27. The van der Waals surface area contributed by atoms with Gasteiger partial charge in [-0.25, -0.2) is 9.37 Å². The first-order valence-corrected chi connectivity index (χ1v) is 9.08. The molecule has 0 saturated heterocycles. The van der Waals surface area contributed by atoms with Gasteiger partial charge in [-0.05, 0) is 36.8 Å². The van der Waals surface area contributed by atoms with Crippen molar-refractivity contribution in [2.75, 3.05) is 5.32 Å². The standard InChI is InChI=1S/C18H15FN2OS2/c1-12-11-23-18(20-12)24-16(13-5-3-2-4-6-13)17(22)21-15-9-7-14(19)8-10-15/h2-11,16H,1H3,(H,21,22). The Morgan fingerprint density at radius 1 is 1.17 bits per heavy atom. The van der Waals surface area contributed by atoms with Crippen LogP contribution in [0.1, 0.15) is 16.5 Å². The summed E-state index contributed by atoms with van der Waals surface area (Å²) in [6.07, 6.45) is 0. The number of carbonyl (C=O) groups is 1. The van der Waals surface area contributed by atoms with Gasteiger partial charge in [-0.15, -0.1) is 11.3 Å². The highest BCUT2D eigenvalue weighted by atomic mass is 32.2. The predicted octanol–water partition coefficient (Wildman–Crippen LogP) is 5.06. The summed E-state index contributed by atoms with van der Waals surface area (Å²) >= 11 is 2.93. The number of hydrogen-bond donors (Lipinski definition) is 1. The maximum absolute atomic E-state index is 13.0. The summed E-state index contributed by atoms with van der Waals surface area (Å²) in [7, 11) is 0. The van der Waals surface area contributed by atoms with E-state index in [0.29, 0.717) is 5.69 Å². The highest BCUT2D eigenvalue weighted by molar-refractivity contribution is 8.01. The maximum Gasteiger partial charge on any atom is 0.242 e. The van der Waals surface area contributed by atoms with Gasteiger partial charge in [-0.2, -0.15) is 0 Å². The van der Waals surface area contributed by atoms with Crippen molar-refractivity contribution in [1.29, 1.82) is 0 Å². The first-order valence-electron chi connectivity index (χ1n) is 7.32. The van der Waals surface area contributed by atoms with Crippen LogP contribution in [0, 0.1) is 12.7 Å². The third-order valence-corrected chi connectivity index (χ3v) is 5.61. The molecular weight excluding hydrogens is 343 g/mol. The zero-order valence-electron chi connectivity index (χ0n) is 12.9. The van der Waals surface area contributed by atoms with Crippen molar-refractivity contribution in [1.82, 2.24) is 4.98 Å². The van der Waals surface area contributed by atoms with E-state index in [9.17, 15) is 9.18 Å². The Labute approximate surface area is 148 Å². The van der Waals surface area contributed by atoms with Crippen LogP contribution < -0.4 is 5.32 Å². The van der Waals surface area contributed by atoms with Crippen molar-refractivity contribution in [2.24, 2.45) is 0 Å². The van der Waals surface area contributed by atoms with Gasteiger partial charge in [0.05, 0.1) is 0 Å². The quantitative estimate of drug-likeness (QED) is 0.648. The largest absolute Gasteiger partial charge is 0.325 e. The molecule has 2 aromatic carbocycles. The second-order valence-corrected chi connectivity index (χ2v) is 7.37. The number of nitrogens with zero attached hydrogens (tertiary/aromatic N) is 1. The molecule has 1 N–H and O–H groups in total. The van der Waals surface area contributed by atoms with Gasteiger partial charge in [0.1, 0.15) is 11.1 Å². The molecule has 6 heteroatoms. The maximum atomic E-state index is 13.0. The van der Waals surface area contributed by atoms with Crippen LogP contribution in [-0.4, -0.2) is 10.9 Å². The van der Waals surface area contributed by atoms with Gasteiger partial charge in [-0.1, -0.05) is 42.1 Å². The van der Waals surface area contributed by atoms with E-state index in [2.05, 4.69) is 10.3 Å². The van der Waals surface area contributed by atoms with Crippen LogP contribution in [0.15, 0.2) is 64.3 Å². The third-order valence-electron chi connectivity index (χ3n) is 3.27. The Morgan fingerprint density at radius 2 is 1.88 bits per heavy atom. The second-order valence-electron chi connectivity index (χ2n) is 5.16. The number of thioether (sulfide) groups is 1. The summed E-state index contributed by atoms with van der Waals surface area (Å²) in [5.74, 6) is -0.495. The first kappa shape index (κ1) is 16.7. The number of anilines is 1. The lowest BCUT2D eigenvalue weighted by Crippen LogP contribution is -2.19. The summed E-state index contributed by atoms with van der Waals surface area (Å²) in [5, 5.41) is 4.38. The summed E-state index contributed by atoms with van der Waals surface area (Å²) in [5.41, 5.74) is 2.40. The van der Waals surface area contributed by atoms with Gasteiger partial charge >= 0.3 is 0 Å². The van der Waals surface area contributed by atoms with Gasteiger partial charge in [0.25, 0.3) is 0 Å². The molecule has 0 aliphatic carbocycles. The molecule has 0 aliphatic heterocycles. The number of aromatic nitrogens is 1. The Bertz CT molecular complexity index is 819. The van der Waals surface area contributed by atoms with E-state index in [1.807, 2.05) is 42.6 Å². The van der Waals surface area contributed by atoms with Crippen LogP contribution in [0.5, 0.6) is 0 Å². The molecule has 0 spiro atoms. The van der Waals surface area contributed by atoms with E-state index in [1.165, 1.54) is 35.2 Å². The van der Waals surface area contributed by atoms with E-state index >= 15 is 0 Å². The number of halogens is 1. The van der Waals surface area contributed by atoms with Gasteiger partial charge in [0.2, 0.25) is 5.91 Å². The lowest BCUT2D eigenvalue weighted by molar-refractivity contribution is -0.115. The minimum absolute atomic E-state index is 0.161. The lowest BCUT2D eigenvalue weighted by atomic mass is 10.1. The molecule has 3 nitrogen and oxygen atoms in total. The fraction of sp³-hybridized carbons (Fsp3) is 0.111. The first-order chi connectivity index (χ1) is 11.6. The fourth-order valence-corrected chi connectivity index (χ4v) is 4.16. The molecule has 0 aliphatic rings. The molecular formula is C18H15FN2OS2. The lowest BCUT2D eigenvalue weighted by Gasteiger charge is -2.15. The monoisotopic (exact) mass is 358 g/mol. The fourth-order valence-electron chi connectivity index (χ4n) is 2.13. The van der Waals surface area contributed by atoms with Crippen molar-refractivity contribution < 1.29 is 9.18 Å². The number of rotatable bonds is 5. The molecule has 1 amide bonds. The van der Waals surface area contributed by atoms with E-state index in [-0.39, 0.29) is 11.7 Å². The van der Waals surface area contributed by atoms with E-state index in [4.69, 9.17) is 0 Å². The smallest absolute Gasteiger partial charge is 0.242 e. The molecule has 3 aromatic rings. The van der Waals surface area contributed by atoms with Crippen LogP contribution in [0.25, 0.3) is 0 Å². The van der Waals surface area contributed by atoms with Gasteiger partial charge in [0, 0.05) is 16.8 Å². The SMILES string of the molecule is Cc1csc(SC(C(=O)Nc2ccc(F)cc2)c2ccccc2)n1. The summed E-state index contributed by atoms with van der Waals surface area (Å²) < 4.78 is 13.9. The van der Waals surface area contributed by atoms with Crippen LogP contribution >= 0.6 is 23.1 Å². The number of carbonyl (C=O) groups excluding carboxylic acids is 1. The average molecular weight is 358 g/mol. The molecule has 24 heavy (non-hydrogen) atoms. The van der Waals surface area contributed by atoms with Gasteiger partial charge in [0.15, 0.2) is 4.34 Å². The second kappa shape index (κ2) is 7.59. The number of hydrogen-bond acceptors (Lipinski definition) is 4. The van der Waals surface area contributed by atoms with E-state index in [0.717, 1.165) is 15.6 Å². The molecule has 0 saturated carbocycles. The molecule has 0 radical (unpaired) electrons. The summed E-state index contributed by atoms with van der Waals surface area (Å²) in [4.78, 5) is 17.2. The van der Waals surface area contributed by atoms with Crippen LogP contribution in [-0.2, 0) is 4.79 Å². The van der Waals surface area contributed by atoms with Crippen LogP contribution in [0.4, 0.5) is 10.1 Å². The zero-order chi connectivity index (χ0) is 16.9. The van der Waals surface area contributed by atoms with Crippen LogP contribution in [0.3, 0.4) is 0 Å². The Hall–Kier alpha value is -2.18. The van der Waals surface area contributed by atoms with Crippen molar-refractivity contribution in [3.63, 3.8) is 0 Å². The van der Waals surface area contributed by atoms with Crippen LogP contribution in [0.2, 0.25) is 0 Å². The number of amides is 1. The van der Waals surface area contributed by atoms with Crippen molar-refractivity contribution in [3.8, 4) is 0 Å². The highest BCUT2D eigenvalue weighted by Gasteiger charge is 2.23. The normalized spacial score (nSPS) is 11.9. The highest BCUT2D eigenvalue weighted by Crippen LogP contribution is 2.37. The molecule has 0 bridgehead atoms. The average Bonchev–Trinajstić information content (AvgIpc) is 3.00. The van der Waals surface area contributed by atoms with Crippen molar-refractivity contribution in [2.45, 2.75) is 16.5 Å². The predicted molar refractivity (Wildman–Crippen MR) is 96.9 cm³/mol. The summed E-state index contributed by atoms with van der Waals surface area (Å²) in [6, 6.07) is 15.3.